The Morgan fingerprint density at radius 1 is 1.11 bits per heavy atom. The molecule has 8 nitrogen and oxygen atoms in total. The Kier molecular flexibility index (Phi) is 5.56. The highest BCUT2D eigenvalue weighted by Crippen LogP contribution is 2.43. The number of nitrogens with two attached hydrogens (primary N) is 1. The van der Waals surface area contributed by atoms with Gasteiger partial charge in [0.15, 0.2) is 5.75 Å². The van der Waals surface area contributed by atoms with Crippen LogP contribution in [0.3, 0.4) is 0 Å². The number of aromatic amines is 1. The maximum Gasteiger partial charge on any atom is 0.344 e. The highest BCUT2D eigenvalue weighted by Gasteiger charge is 2.37. The van der Waals surface area contributed by atoms with Crippen molar-refractivity contribution in [2.45, 2.75) is 33.6 Å². The first-order valence-electron chi connectivity index (χ1n) is 11.8. The molecule has 1 aliphatic rings. The molecule has 8 heteroatoms. The molecule has 1 aliphatic heterocycles. The zero-order valence-corrected chi connectivity index (χ0v) is 20.6. The molecule has 0 saturated heterocycles. The number of fused-ring (bicyclic) bond motifs is 4. The fourth-order valence-electron chi connectivity index (χ4n) is 5.12. The Balaban J connectivity index is 1.80. The van der Waals surface area contributed by atoms with Crippen LogP contribution in [0.25, 0.3) is 21.9 Å². The van der Waals surface area contributed by atoms with Gasteiger partial charge in [0.25, 0.3) is 5.56 Å². The number of rotatable bonds is 4. The molecule has 1 unspecified atom stereocenters. The summed E-state index contributed by atoms with van der Waals surface area (Å²) < 4.78 is 11.6. The SMILES string of the molecule is CCN(CC)c1ccc2c3c(c(=O)oc2c1)C(c1cc2cc(C)cc(C)c2[nH]c1=O)C(C#N)=C(N)O3. The summed E-state index contributed by atoms with van der Waals surface area (Å²) >= 11 is 0. The van der Waals surface area contributed by atoms with Gasteiger partial charge in [0, 0.05) is 30.4 Å². The molecule has 0 amide bonds. The number of anilines is 1. The quantitative estimate of drug-likeness (QED) is 0.415. The summed E-state index contributed by atoms with van der Waals surface area (Å²) in [7, 11) is 0. The first kappa shape index (κ1) is 23.2. The van der Waals surface area contributed by atoms with Gasteiger partial charge in [-0.25, -0.2) is 4.79 Å². The van der Waals surface area contributed by atoms with Gasteiger partial charge in [-0.3, -0.25) is 4.79 Å². The van der Waals surface area contributed by atoms with Gasteiger partial charge in [-0.1, -0.05) is 11.6 Å². The minimum atomic E-state index is -1.03. The highest BCUT2D eigenvalue weighted by molar-refractivity contribution is 5.89. The molecule has 0 saturated carbocycles. The van der Waals surface area contributed by atoms with Gasteiger partial charge >= 0.3 is 5.63 Å². The van der Waals surface area contributed by atoms with Gasteiger partial charge in [-0.2, -0.15) is 5.26 Å². The Morgan fingerprint density at radius 2 is 1.86 bits per heavy atom. The second-order valence-corrected chi connectivity index (χ2v) is 9.01. The van der Waals surface area contributed by atoms with Crippen molar-refractivity contribution in [2.75, 3.05) is 18.0 Å². The van der Waals surface area contributed by atoms with Crippen LogP contribution in [0.15, 0.2) is 61.9 Å². The number of allylic oxidation sites excluding steroid dienone is 1. The fourth-order valence-corrected chi connectivity index (χ4v) is 5.12. The van der Waals surface area contributed by atoms with Gasteiger partial charge in [-0.15, -0.1) is 0 Å². The van der Waals surface area contributed by atoms with E-state index >= 15 is 0 Å². The van der Waals surface area contributed by atoms with E-state index in [1.807, 2.05) is 58.0 Å². The van der Waals surface area contributed by atoms with Gasteiger partial charge in [-0.05, 0) is 62.9 Å². The lowest BCUT2D eigenvalue weighted by atomic mass is 9.83. The lowest BCUT2D eigenvalue weighted by Crippen LogP contribution is -2.29. The van der Waals surface area contributed by atoms with Crippen LogP contribution in [-0.4, -0.2) is 18.1 Å². The number of H-pyrrole nitrogens is 1. The summed E-state index contributed by atoms with van der Waals surface area (Å²) in [5.41, 5.74) is 9.28. The number of pyridine rings is 1. The zero-order valence-electron chi connectivity index (χ0n) is 20.6. The molecule has 4 aromatic rings. The van der Waals surface area contributed by atoms with E-state index in [-0.39, 0.29) is 28.3 Å². The third-order valence-electron chi connectivity index (χ3n) is 6.81. The molecule has 0 spiro atoms. The summed E-state index contributed by atoms with van der Waals surface area (Å²) in [6.07, 6.45) is 0. The highest BCUT2D eigenvalue weighted by atomic mass is 16.5. The van der Waals surface area contributed by atoms with E-state index in [0.29, 0.717) is 16.5 Å². The van der Waals surface area contributed by atoms with Crippen LogP contribution in [0.1, 0.15) is 42.0 Å². The fraction of sp³-hybridized carbons (Fsp3) is 0.250. The largest absolute Gasteiger partial charge is 0.439 e. The van der Waals surface area contributed by atoms with Crippen molar-refractivity contribution in [1.29, 1.82) is 5.26 Å². The number of aryl methyl sites for hydroxylation is 2. The molecule has 0 aliphatic carbocycles. The Hall–Kier alpha value is -4.51. The molecule has 1 atom stereocenters. The number of nitrogens with one attached hydrogen (secondary N) is 1. The number of ether oxygens (including phenoxy) is 1. The standard InChI is InChI=1S/C28H26N4O4/c1-5-32(6-2)17-7-8-18-21(12-17)35-28(34)23-22(20(13-29)26(30)36-25(18)23)19-11-16-10-14(3)9-15(4)24(16)31-27(19)33/h7-12,22H,5-6,30H2,1-4H3,(H,31,33). The smallest absolute Gasteiger partial charge is 0.344 e. The average Bonchev–Trinajstić information content (AvgIpc) is 2.84. The van der Waals surface area contributed by atoms with Crippen LogP contribution in [-0.2, 0) is 0 Å². The minimum absolute atomic E-state index is 0.0110. The van der Waals surface area contributed by atoms with Crippen molar-refractivity contribution in [3.63, 3.8) is 0 Å². The molecule has 182 valence electrons. The van der Waals surface area contributed by atoms with E-state index in [4.69, 9.17) is 14.9 Å². The Morgan fingerprint density at radius 3 is 2.56 bits per heavy atom. The second kappa shape index (κ2) is 8.61. The molecule has 0 radical (unpaired) electrons. The molecule has 36 heavy (non-hydrogen) atoms. The Bertz CT molecular complexity index is 1740. The lowest BCUT2D eigenvalue weighted by molar-refractivity contribution is 0.388. The molecular formula is C28H26N4O4. The van der Waals surface area contributed by atoms with Gasteiger partial charge in [0.2, 0.25) is 5.88 Å². The third-order valence-corrected chi connectivity index (χ3v) is 6.81. The monoisotopic (exact) mass is 482 g/mol. The van der Waals surface area contributed by atoms with E-state index < -0.39 is 17.1 Å². The lowest BCUT2D eigenvalue weighted by Gasteiger charge is -2.26. The van der Waals surface area contributed by atoms with Crippen molar-refractivity contribution in [1.82, 2.24) is 4.98 Å². The van der Waals surface area contributed by atoms with Crippen molar-refractivity contribution < 1.29 is 9.15 Å². The predicted molar refractivity (Wildman–Crippen MR) is 139 cm³/mol. The number of nitriles is 1. The molecule has 0 fully saturated rings. The van der Waals surface area contributed by atoms with Crippen LogP contribution >= 0.6 is 0 Å². The topological polar surface area (TPSA) is 125 Å². The van der Waals surface area contributed by atoms with Gasteiger partial charge in [0.05, 0.1) is 22.4 Å². The summed E-state index contributed by atoms with van der Waals surface area (Å²) in [5.74, 6) is -0.973. The van der Waals surface area contributed by atoms with Gasteiger partial charge < -0.3 is 24.8 Å². The van der Waals surface area contributed by atoms with Crippen LogP contribution in [0.4, 0.5) is 5.69 Å². The van der Waals surface area contributed by atoms with Crippen LogP contribution < -0.4 is 26.6 Å². The summed E-state index contributed by atoms with van der Waals surface area (Å²) in [6, 6.07) is 13.2. The maximum atomic E-state index is 13.4. The van der Waals surface area contributed by atoms with Crippen molar-refractivity contribution >= 4 is 27.6 Å². The van der Waals surface area contributed by atoms with Gasteiger partial charge in [0.1, 0.15) is 17.2 Å². The number of nitrogens with zero attached hydrogens (tertiary/aromatic N) is 2. The van der Waals surface area contributed by atoms with Crippen LogP contribution in [0.5, 0.6) is 5.75 Å². The Labute approximate surface area is 207 Å². The normalized spacial score (nSPS) is 15.0. The molecule has 2 aromatic carbocycles. The number of benzene rings is 2. The van der Waals surface area contributed by atoms with E-state index in [1.54, 1.807) is 12.1 Å². The van der Waals surface area contributed by atoms with Crippen LogP contribution in [0.2, 0.25) is 0 Å². The maximum absolute atomic E-state index is 13.4. The molecular weight excluding hydrogens is 456 g/mol. The molecule has 0 bridgehead atoms. The summed E-state index contributed by atoms with van der Waals surface area (Å²) in [5, 5.41) is 11.3. The first-order valence-corrected chi connectivity index (χ1v) is 11.8. The van der Waals surface area contributed by atoms with E-state index in [0.717, 1.165) is 35.3 Å². The average molecular weight is 483 g/mol. The number of hydrogen-bond donors (Lipinski definition) is 2. The van der Waals surface area contributed by atoms with Crippen molar-refractivity contribution in [2.24, 2.45) is 5.73 Å². The molecule has 3 heterocycles. The summed E-state index contributed by atoms with van der Waals surface area (Å²) in [6.45, 7) is 9.56. The van der Waals surface area contributed by atoms with E-state index in [1.165, 1.54) is 0 Å². The van der Waals surface area contributed by atoms with E-state index in [9.17, 15) is 14.9 Å². The third kappa shape index (κ3) is 3.52. The van der Waals surface area contributed by atoms with Crippen molar-refractivity contribution in [3.8, 4) is 11.8 Å². The molecule has 5 rings (SSSR count). The summed E-state index contributed by atoms with van der Waals surface area (Å²) in [4.78, 5) is 31.7. The van der Waals surface area contributed by atoms with Crippen molar-refractivity contribution in [3.05, 3.63) is 90.9 Å². The van der Waals surface area contributed by atoms with E-state index in [2.05, 4.69) is 9.88 Å². The second-order valence-electron chi connectivity index (χ2n) is 9.01. The molecule has 2 aromatic heterocycles. The van der Waals surface area contributed by atoms with Crippen LogP contribution in [0, 0.1) is 25.2 Å². The zero-order chi connectivity index (χ0) is 25.7. The molecule has 3 N–H and O–H groups in total. The minimum Gasteiger partial charge on any atom is -0.439 e. The number of aromatic nitrogens is 1. The first-order chi connectivity index (χ1) is 17.3. The predicted octanol–water partition coefficient (Wildman–Crippen LogP) is 4.32. The number of hydrogen-bond acceptors (Lipinski definition) is 7.